The van der Waals surface area contributed by atoms with E-state index in [1.807, 2.05) is 17.9 Å². The number of piperidine rings is 1. The van der Waals surface area contributed by atoms with Crippen molar-refractivity contribution in [3.05, 3.63) is 17.8 Å². The van der Waals surface area contributed by atoms with Crippen LogP contribution in [0, 0.1) is 0 Å². The first-order valence-corrected chi connectivity index (χ1v) is 8.32. The van der Waals surface area contributed by atoms with Gasteiger partial charge in [-0.15, -0.1) is 10.2 Å². The van der Waals surface area contributed by atoms with Crippen LogP contribution in [0.15, 0.2) is 12.1 Å². The van der Waals surface area contributed by atoms with E-state index in [1.54, 1.807) is 6.07 Å². The van der Waals surface area contributed by atoms with Gasteiger partial charge in [0, 0.05) is 31.7 Å². The van der Waals surface area contributed by atoms with Crippen molar-refractivity contribution in [2.24, 2.45) is 5.73 Å². The van der Waals surface area contributed by atoms with Gasteiger partial charge in [0.1, 0.15) is 0 Å². The molecule has 6 heteroatoms. The number of carbonyl (C=O) groups is 1. The highest BCUT2D eigenvalue weighted by atomic mass is 16.2. The Labute approximate surface area is 131 Å². The Morgan fingerprint density at radius 2 is 1.91 bits per heavy atom. The van der Waals surface area contributed by atoms with E-state index < -0.39 is 0 Å². The zero-order chi connectivity index (χ0) is 15.5. The van der Waals surface area contributed by atoms with Crippen LogP contribution in [0.5, 0.6) is 0 Å². The van der Waals surface area contributed by atoms with Gasteiger partial charge in [0.15, 0.2) is 11.5 Å². The number of hydrogen-bond donors (Lipinski definition) is 1. The minimum absolute atomic E-state index is 0.0129. The number of rotatable bonds is 3. The van der Waals surface area contributed by atoms with E-state index in [-0.39, 0.29) is 18.0 Å². The van der Waals surface area contributed by atoms with Gasteiger partial charge in [-0.2, -0.15) is 0 Å². The van der Waals surface area contributed by atoms with Crippen LogP contribution in [0.3, 0.4) is 0 Å². The summed E-state index contributed by atoms with van der Waals surface area (Å²) >= 11 is 0. The molecule has 3 heterocycles. The summed E-state index contributed by atoms with van der Waals surface area (Å²) in [6, 6.07) is 3.81. The van der Waals surface area contributed by atoms with Crippen molar-refractivity contribution in [3.63, 3.8) is 0 Å². The number of hydrogen-bond acceptors (Lipinski definition) is 5. The monoisotopic (exact) mass is 303 g/mol. The molecule has 0 bridgehead atoms. The van der Waals surface area contributed by atoms with Gasteiger partial charge in [-0.05, 0) is 51.2 Å². The number of carbonyl (C=O) groups excluding carboxylic acids is 1. The van der Waals surface area contributed by atoms with Crippen molar-refractivity contribution in [1.82, 2.24) is 15.1 Å². The molecule has 2 atom stereocenters. The maximum atomic E-state index is 12.7. The molecule has 3 rings (SSSR count). The Kier molecular flexibility index (Phi) is 4.57. The van der Waals surface area contributed by atoms with E-state index >= 15 is 0 Å². The molecule has 2 N–H and O–H groups in total. The Hall–Kier alpha value is -1.69. The molecular formula is C16H25N5O. The quantitative estimate of drug-likeness (QED) is 0.914. The second-order valence-electron chi connectivity index (χ2n) is 6.39. The topological polar surface area (TPSA) is 75.3 Å². The maximum Gasteiger partial charge on any atom is 0.274 e. The Balaban J connectivity index is 1.73. The van der Waals surface area contributed by atoms with E-state index in [0.29, 0.717) is 5.69 Å². The molecule has 6 nitrogen and oxygen atoms in total. The summed E-state index contributed by atoms with van der Waals surface area (Å²) in [5, 5.41) is 8.41. The Morgan fingerprint density at radius 1 is 1.18 bits per heavy atom. The fourth-order valence-electron chi connectivity index (χ4n) is 3.46. The molecule has 0 radical (unpaired) electrons. The summed E-state index contributed by atoms with van der Waals surface area (Å²) in [6.07, 6.45) is 5.55. The average molecular weight is 303 g/mol. The lowest BCUT2D eigenvalue weighted by Gasteiger charge is -2.37. The number of anilines is 1. The first-order chi connectivity index (χ1) is 10.7. The van der Waals surface area contributed by atoms with Crippen molar-refractivity contribution in [2.75, 3.05) is 24.5 Å². The van der Waals surface area contributed by atoms with Gasteiger partial charge in [0.2, 0.25) is 0 Å². The van der Waals surface area contributed by atoms with Crippen molar-refractivity contribution < 1.29 is 4.79 Å². The van der Waals surface area contributed by atoms with Gasteiger partial charge >= 0.3 is 0 Å². The predicted octanol–water partition coefficient (Wildman–Crippen LogP) is 1.42. The molecule has 1 amide bonds. The van der Waals surface area contributed by atoms with Crippen LogP contribution in [-0.2, 0) is 0 Å². The summed E-state index contributed by atoms with van der Waals surface area (Å²) in [4.78, 5) is 16.8. The van der Waals surface area contributed by atoms with Crippen LogP contribution in [-0.4, -0.2) is 52.7 Å². The SMILES string of the molecule is C[C@H](N)[C@@H]1CCCCN1C(=O)c1ccc(N2CCCC2)nn1. The average Bonchev–Trinajstić information content (AvgIpc) is 3.09. The second-order valence-corrected chi connectivity index (χ2v) is 6.39. The maximum absolute atomic E-state index is 12.7. The molecule has 2 fully saturated rings. The van der Waals surface area contributed by atoms with Crippen molar-refractivity contribution >= 4 is 11.7 Å². The van der Waals surface area contributed by atoms with E-state index in [9.17, 15) is 4.79 Å². The highest BCUT2D eigenvalue weighted by Gasteiger charge is 2.30. The van der Waals surface area contributed by atoms with E-state index in [1.165, 1.54) is 12.8 Å². The van der Waals surface area contributed by atoms with Crippen LogP contribution in [0.2, 0.25) is 0 Å². The zero-order valence-electron chi connectivity index (χ0n) is 13.2. The van der Waals surface area contributed by atoms with Gasteiger partial charge in [0.25, 0.3) is 5.91 Å². The fourth-order valence-corrected chi connectivity index (χ4v) is 3.46. The van der Waals surface area contributed by atoms with E-state index in [4.69, 9.17) is 5.73 Å². The molecular weight excluding hydrogens is 278 g/mol. The van der Waals surface area contributed by atoms with Gasteiger partial charge < -0.3 is 15.5 Å². The highest BCUT2D eigenvalue weighted by Crippen LogP contribution is 2.22. The summed E-state index contributed by atoms with van der Waals surface area (Å²) in [5.41, 5.74) is 6.47. The molecule has 0 spiro atoms. The first-order valence-electron chi connectivity index (χ1n) is 8.32. The zero-order valence-corrected chi connectivity index (χ0v) is 13.2. The smallest absolute Gasteiger partial charge is 0.274 e. The van der Waals surface area contributed by atoms with Gasteiger partial charge in [-0.1, -0.05) is 0 Å². The molecule has 0 aliphatic carbocycles. The molecule has 22 heavy (non-hydrogen) atoms. The molecule has 120 valence electrons. The largest absolute Gasteiger partial charge is 0.355 e. The Morgan fingerprint density at radius 3 is 2.55 bits per heavy atom. The normalized spacial score (nSPS) is 23.6. The van der Waals surface area contributed by atoms with Crippen molar-refractivity contribution in [2.45, 2.75) is 51.1 Å². The first kappa shape index (κ1) is 15.2. The molecule has 1 aromatic rings. The molecule has 2 aliphatic heterocycles. The minimum Gasteiger partial charge on any atom is -0.355 e. The predicted molar refractivity (Wildman–Crippen MR) is 85.8 cm³/mol. The lowest BCUT2D eigenvalue weighted by molar-refractivity contribution is 0.0576. The molecule has 0 aromatic carbocycles. The van der Waals surface area contributed by atoms with Crippen LogP contribution >= 0.6 is 0 Å². The lowest BCUT2D eigenvalue weighted by atomic mass is 9.96. The van der Waals surface area contributed by atoms with Crippen molar-refractivity contribution in [1.29, 1.82) is 0 Å². The van der Waals surface area contributed by atoms with Gasteiger partial charge in [-0.3, -0.25) is 4.79 Å². The molecule has 0 unspecified atom stereocenters. The van der Waals surface area contributed by atoms with Crippen LogP contribution in [0.1, 0.15) is 49.5 Å². The highest BCUT2D eigenvalue weighted by molar-refractivity contribution is 5.92. The minimum atomic E-state index is -0.0394. The third-order valence-electron chi connectivity index (χ3n) is 4.72. The van der Waals surface area contributed by atoms with Crippen LogP contribution in [0.4, 0.5) is 5.82 Å². The summed E-state index contributed by atoms with van der Waals surface area (Å²) in [6.45, 7) is 4.79. The molecule has 1 aromatic heterocycles. The van der Waals surface area contributed by atoms with E-state index in [2.05, 4.69) is 15.1 Å². The van der Waals surface area contributed by atoms with Crippen molar-refractivity contribution in [3.8, 4) is 0 Å². The number of nitrogens with two attached hydrogens (primary N) is 1. The van der Waals surface area contributed by atoms with Gasteiger partial charge in [0.05, 0.1) is 0 Å². The summed E-state index contributed by atoms with van der Waals surface area (Å²) in [7, 11) is 0. The third-order valence-corrected chi connectivity index (χ3v) is 4.72. The Bertz CT molecular complexity index is 510. The fraction of sp³-hybridized carbons (Fsp3) is 0.688. The summed E-state index contributed by atoms with van der Waals surface area (Å²) in [5.74, 6) is 0.832. The number of aromatic nitrogens is 2. The second kappa shape index (κ2) is 6.60. The lowest BCUT2D eigenvalue weighted by Crippen LogP contribution is -2.51. The number of nitrogens with zero attached hydrogens (tertiary/aromatic N) is 4. The number of likely N-dealkylation sites (tertiary alicyclic amines) is 1. The van der Waals surface area contributed by atoms with E-state index in [0.717, 1.165) is 44.7 Å². The molecule has 0 saturated carbocycles. The molecule has 2 saturated heterocycles. The third kappa shape index (κ3) is 3.06. The number of amides is 1. The van der Waals surface area contributed by atoms with Crippen LogP contribution in [0.25, 0.3) is 0 Å². The molecule has 2 aliphatic rings. The van der Waals surface area contributed by atoms with Crippen LogP contribution < -0.4 is 10.6 Å². The standard InChI is InChI=1S/C16H25N5O/c1-12(17)14-6-2-3-11-21(14)16(22)13-7-8-15(19-18-13)20-9-4-5-10-20/h7-8,12,14H,2-6,9-11,17H2,1H3/t12-,14-/m0/s1. The van der Waals surface area contributed by atoms with Gasteiger partial charge in [-0.25, -0.2) is 0 Å². The summed E-state index contributed by atoms with van der Waals surface area (Å²) < 4.78 is 0.